The van der Waals surface area contributed by atoms with E-state index >= 15 is 0 Å². The van der Waals surface area contributed by atoms with Crippen LogP contribution in [-0.2, 0) is 20.8 Å². The van der Waals surface area contributed by atoms with E-state index in [4.69, 9.17) is 5.73 Å². The van der Waals surface area contributed by atoms with Crippen molar-refractivity contribution in [3.05, 3.63) is 75.9 Å². The summed E-state index contributed by atoms with van der Waals surface area (Å²) in [6, 6.07) is 11.8. The first-order valence-corrected chi connectivity index (χ1v) is 14.1. The Kier molecular flexibility index (Phi) is 6.44. The van der Waals surface area contributed by atoms with Crippen molar-refractivity contribution >= 4 is 45.4 Å². The van der Waals surface area contributed by atoms with E-state index in [0.29, 0.717) is 10.7 Å². The first kappa shape index (κ1) is 27.6. The average Bonchev–Trinajstić information content (AvgIpc) is 3.41. The van der Waals surface area contributed by atoms with E-state index in [0.717, 1.165) is 11.3 Å². The van der Waals surface area contributed by atoms with Gasteiger partial charge in [0.1, 0.15) is 22.8 Å². The van der Waals surface area contributed by atoms with E-state index in [-0.39, 0.29) is 35.4 Å². The first-order valence-electron chi connectivity index (χ1n) is 13.2. The van der Waals surface area contributed by atoms with Crippen LogP contribution >= 0.6 is 11.3 Å². The summed E-state index contributed by atoms with van der Waals surface area (Å²) < 4.78 is 0. The second-order valence-corrected chi connectivity index (χ2v) is 11.8. The highest BCUT2D eigenvalue weighted by Gasteiger charge is 2.64. The number of fused-ring (bicyclic) bond motifs is 3. The van der Waals surface area contributed by atoms with Crippen molar-refractivity contribution in [2.24, 2.45) is 17.6 Å². The van der Waals surface area contributed by atoms with E-state index in [1.165, 1.54) is 16.2 Å². The topological polar surface area (TPSA) is 186 Å². The van der Waals surface area contributed by atoms with Gasteiger partial charge in [-0.25, -0.2) is 4.98 Å². The summed E-state index contributed by atoms with van der Waals surface area (Å²) in [5.74, 6) is -6.83. The molecule has 0 saturated heterocycles. The number of carbonyl (C=O) groups excluding carboxylic acids is 3. The molecule has 3 aliphatic carbocycles. The van der Waals surface area contributed by atoms with E-state index in [9.17, 15) is 34.8 Å². The maximum atomic E-state index is 14.0. The summed E-state index contributed by atoms with van der Waals surface area (Å²) in [5.41, 5.74) is 4.13. The second kappa shape index (κ2) is 9.79. The number of hydrogen-bond donors (Lipinski definition) is 6. The van der Waals surface area contributed by atoms with Crippen LogP contribution in [0.25, 0.3) is 17.0 Å². The maximum absolute atomic E-state index is 14.0. The number of phenols is 1. The zero-order chi connectivity index (χ0) is 30.1. The molecule has 3 aromatic rings. The summed E-state index contributed by atoms with van der Waals surface area (Å²) in [6.07, 6.45) is 0.256. The van der Waals surface area contributed by atoms with Gasteiger partial charge in [-0.2, -0.15) is 0 Å². The highest BCUT2D eigenvalue weighted by atomic mass is 32.1. The van der Waals surface area contributed by atoms with Gasteiger partial charge in [-0.3, -0.25) is 19.3 Å². The number of nitrogens with zero attached hydrogens (tertiary/aromatic N) is 2. The number of amides is 1. The number of phenolic OH excluding ortho intramolecular Hbond substituents is 1. The molecule has 216 valence electrons. The van der Waals surface area contributed by atoms with E-state index < -0.39 is 58.0 Å². The number of aromatic nitrogens is 1. The predicted molar refractivity (Wildman–Crippen MR) is 155 cm³/mol. The number of aliphatic hydroxyl groups is 3. The Morgan fingerprint density at radius 3 is 2.50 bits per heavy atom. The van der Waals surface area contributed by atoms with Crippen molar-refractivity contribution in [1.82, 2.24) is 9.88 Å². The van der Waals surface area contributed by atoms with Gasteiger partial charge in [-0.15, -0.1) is 11.3 Å². The molecule has 0 bridgehead atoms. The van der Waals surface area contributed by atoms with E-state index in [1.807, 2.05) is 35.7 Å². The van der Waals surface area contributed by atoms with Crippen molar-refractivity contribution in [2.75, 3.05) is 19.4 Å². The lowest BCUT2D eigenvalue weighted by atomic mass is 9.57. The molecule has 6 rings (SSSR count). The quantitative estimate of drug-likeness (QED) is 0.191. The molecule has 1 amide bonds. The number of ketones is 2. The van der Waals surface area contributed by atoms with Crippen LogP contribution < -0.4 is 11.1 Å². The minimum absolute atomic E-state index is 0.0103. The molecule has 1 aromatic heterocycles. The number of benzene rings is 2. The fourth-order valence-electron chi connectivity index (χ4n) is 6.51. The van der Waals surface area contributed by atoms with Gasteiger partial charge < -0.3 is 31.5 Å². The second-order valence-electron chi connectivity index (χ2n) is 11.0. The number of rotatable bonds is 5. The Labute approximate surface area is 244 Å². The van der Waals surface area contributed by atoms with Crippen LogP contribution in [0.5, 0.6) is 5.75 Å². The SMILES string of the molecule is CN(C)C1C(=O)C(C(N)=O)=C(O)C2(O)C(=O)C3=C(O)c4c(ccc(Nc5nc(-c6ccccc6)cs5)c4O)CC3CC12. The Hall–Kier alpha value is -4.52. The molecule has 1 fully saturated rings. The molecule has 0 aliphatic heterocycles. The standard InChI is InChI=1S/C30H28N4O7S/c1-34(2)22-16-11-15-10-14-8-9-17(32-29-33-18(12-42-29)13-6-4-3-5-7-13)23(35)19(14)24(36)20(15)26(38)30(16,41)27(39)21(25(22)37)28(31)40/h3-9,12,15-16,22,35-36,39,41H,10-11H2,1-2H3,(H2,31,40)(H,32,33). The van der Waals surface area contributed by atoms with Crippen LogP contribution in [0.1, 0.15) is 17.5 Å². The largest absolute Gasteiger partial charge is 0.508 e. The molecular weight excluding hydrogens is 560 g/mol. The number of primary amides is 1. The van der Waals surface area contributed by atoms with Crippen LogP contribution in [0.3, 0.4) is 0 Å². The van der Waals surface area contributed by atoms with Gasteiger partial charge in [-0.1, -0.05) is 36.4 Å². The molecule has 1 heterocycles. The Bertz CT molecular complexity index is 1730. The Balaban J connectivity index is 1.41. The summed E-state index contributed by atoms with van der Waals surface area (Å²) in [7, 11) is 3.12. The molecule has 0 radical (unpaired) electrons. The summed E-state index contributed by atoms with van der Waals surface area (Å²) in [6.45, 7) is 0. The van der Waals surface area contributed by atoms with Gasteiger partial charge in [0.15, 0.2) is 16.5 Å². The number of carbonyl (C=O) groups is 3. The van der Waals surface area contributed by atoms with Crippen LogP contribution in [0.4, 0.5) is 10.8 Å². The molecule has 4 unspecified atom stereocenters. The van der Waals surface area contributed by atoms with Crippen LogP contribution in [0.2, 0.25) is 0 Å². The Morgan fingerprint density at radius 1 is 1.12 bits per heavy atom. The normalized spacial score (nSPS) is 25.3. The summed E-state index contributed by atoms with van der Waals surface area (Å²) in [4.78, 5) is 45.3. The average molecular weight is 589 g/mol. The van der Waals surface area contributed by atoms with Gasteiger partial charge in [0, 0.05) is 22.4 Å². The third-order valence-corrected chi connectivity index (χ3v) is 9.17. The monoisotopic (exact) mass is 588 g/mol. The van der Waals surface area contributed by atoms with Crippen molar-refractivity contribution in [2.45, 2.75) is 24.5 Å². The van der Waals surface area contributed by atoms with Gasteiger partial charge in [0.25, 0.3) is 5.91 Å². The molecule has 4 atom stereocenters. The fourth-order valence-corrected chi connectivity index (χ4v) is 7.24. The summed E-state index contributed by atoms with van der Waals surface area (Å²) in [5, 5.41) is 50.8. The predicted octanol–water partition coefficient (Wildman–Crippen LogP) is 2.83. The Morgan fingerprint density at radius 2 is 1.83 bits per heavy atom. The lowest BCUT2D eigenvalue weighted by Crippen LogP contribution is -2.65. The molecule has 42 heavy (non-hydrogen) atoms. The molecule has 1 saturated carbocycles. The highest BCUT2D eigenvalue weighted by Crippen LogP contribution is 2.53. The van der Waals surface area contributed by atoms with Crippen molar-refractivity contribution in [3.8, 4) is 17.0 Å². The number of likely N-dealkylation sites (N-methyl/N-ethyl adjacent to an activating group) is 1. The van der Waals surface area contributed by atoms with Crippen LogP contribution in [0, 0.1) is 11.8 Å². The smallest absolute Gasteiger partial charge is 0.255 e. The molecule has 11 nitrogen and oxygen atoms in total. The first-order chi connectivity index (χ1) is 19.9. The minimum Gasteiger partial charge on any atom is -0.508 e. The summed E-state index contributed by atoms with van der Waals surface area (Å²) >= 11 is 1.32. The van der Waals surface area contributed by atoms with Gasteiger partial charge in [0.05, 0.1) is 23.0 Å². The van der Waals surface area contributed by atoms with E-state index in [1.54, 1.807) is 26.2 Å². The number of Topliss-reactive ketones (excluding diaryl/α,β-unsaturated/α-hetero) is 2. The van der Waals surface area contributed by atoms with Crippen molar-refractivity contribution in [3.63, 3.8) is 0 Å². The molecule has 3 aliphatic rings. The molecule has 0 spiro atoms. The number of thiazole rings is 1. The van der Waals surface area contributed by atoms with Crippen molar-refractivity contribution < 1.29 is 34.8 Å². The number of aromatic hydroxyl groups is 1. The fraction of sp³-hybridized carbons (Fsp3) is 0.267. The number of nitrogens with two attached hydrogens (primary N) is 1. The number of aliphatic hydroxyl groups excluding tert-OH is 2. The third-order valence-electron chi connectivity index (χ3n) is 8.41. The van der Waals surface area contributed by atoms with Gasteiger partial charge >= 0.3 is 0 Å². The zero-order valence-electron chi connectivity index (χ0n) is 22.7. The van der Waals surface area contributed by atoms with Crippen molar-refractivity contribution in [1.29, 1.82) is 0 Å². The lowest BCUT2D eigenvalue weighted by Gasteiger charge is -2.50. The highest BCUT2D eigenvalue weighted by molar-refractivity contribution is 7.14. The van der Waals surface area contributed by atoms with Gasteiger partial charge in [0.2, 0.25) is 5.78 Å². The number of anilines is 2. The molecule has 2 aromatic carbocycles. The maximum Gasteiger partial charge on any atom is 0.255 e. The zero-order valence-corrected chi connectivity index (χ0v) is 23.5. The van der Waals surface area contributed by atoms with Crippen LogP contribution in [-0.4, -0.2) is 73.5 Å². The van der Waals surface area contributed by atoms with Gasteiger partial charge in [-0.05, 0) is 44.5 Å². The minimum atomic E-state index is -2.68. The number of hydrogen-bond acceptors (Lipinski definition) is 11. The molecule has 12 heteroatoms. The lowest BCUT2D eigenvalue weighted by molar-refractivity contribution is -0.153. The molecule has 7 N–H and O–H groups in total. The third kappa shape index (κ3) is 3.94. The number of nitrogens with one attached hydrogen (secondary N) is 1. The van der Waals surface area contributed by atoms with Crippen LogP contribution in [0.15, 0.2) is 64.8 Å². The molecular formula is C30H28N4O7S. The van der Waals surface area contributed by atoms with E-state index in [2.05, 4.69) is 10.3 Å².